The fourth-order valence-corrected chi connectivity index (χ4v) is 6.26. The van der Waals surface area contributed by atoms with Gasteiger partial charge in [-0.05, 0) is 45.9 Å². The molecule has 0 saturated heterocycles. The average Bonchev–Trinajstić information content (AvgIpc) is 3.65. The Labute approximate surface area is 328 Å². The van der Waals surface area contributed by atoms with E-state index in [0.717, 1.165) is 12.8 Å². The summed E-state index contributed by atoms with van der Waals surface area (Å²) in [5, 5.41) is 5.49. The second kappa shape index (κ2) is 20.7. The maximum Gasteiger partial charge on any atom is 0 e. The van der Waals surface area contributed by atoms with Gasteiger partial charge in [-0.15, -0.1) is 69.1 Å². The fourth-order valence-electron chi connectivity index (χ4n) is 6.26. The van der Waals surface area contributed by atoms with Crippen molar-refractivity contribution in [2.75, 3.05) is 0 Å². The first kappa shape index (κ1) is 45.8. The van der Waals surface area contributed by atoms with E-state index in [4.69, 9.17) is 17.0 Å². The monoisotopic (exact) mass is 796 g/mol. The molecule has 4 heteroatoms. The molecule has 0 saturated carbocycles. The van der Waals surface area contributed by atoms with Crippen LogP contribution in [0, 0.1) is 14.9 Å². The Balaban J connectivity index is 0.000000439. The normalized spacial score (nSPS) is 10.8. The second-order valence-electron chi connectivity index (χ2n) is 14.6. The summed E-state index contributed by atoms with van der Waals surface area (Å²) in [7, 11) is 9.87. The molecule has 0 aromatic heterocycles. The minimum absolute atomic E-state index is 0. The van der Waals surface area contributed by atoms with Gasteiger partial charge in [0.25, 0.3) is 0 Å². The van der Waals surface area contributed by atoms with Gasteiger partial charge in [-0.25, -0.2) is 0 Å². The molecule has 0 N–H and O–H groups in total. The average molecular weight is 799 g/mol. The minimum atomic E-state index is -0.826. The molecule has 6 rings (SSSR count). The van der Waals surface area contributed by atoms with Gasteiger partial charge in [0.1, 0.15) is 0 Å². The van der Waals surface area contributed by atoms with Crippen molar-refractivity contribution in [3.8, 4) is 22.3 Å². The molecule has 0 spiro atoms. The predicted molar refractivity (Wildman–Crippen MR) is 226 cm³/mol. The molecule has 0 aliphatic carbocycles. The molecule has 6 aromatic carbocycles. The summed E-state index contributed by atoms with van der Waals surface area (Å²) in [6, 6.07) is 40.8. The molecule has 0 bridgehead atoms. The minimum Gasteiger partial charge on any atom is 0 e. The molecule has 266 valence electrons. The van der Waals surface area contributed by atoms with Crippen molar-refractivity contribution in [2.45, 2.75) is 91.9 Å². The summed E-state index contributed by atoms with van der Waals surface area (Å²) in [6.45, 7) is 18.0. The first-order valence-electron chi connectivity index (χ1n) is 16.9. The van der Waals surface area contributed by atoms with Crippen molar-refractivity contribution in [2.24, 2.45) is 0 Å². The van der Waals surface area contributed by atoms with Crippen LogP contribution in [-0.2, 0) is 44.5 Å². The summed E-state index contributed by atoms with van der Waals surface area (Å²) < 4.78 is 0. The Morgan fingerprint density at radius 2 is 0.860 bits per heavy atom. The first-order valence-corrected chi connectivity index (χ1v) is 23.3. The van der Waals surface area contributed by atoms with Gasteiger partial charge in [-0.1, -0.05) is 140 Å². The van der Waals surface area contributed by atoms with E-state index >= 15 is 0 Å². The van der Waals surface area contributed by atoms with Crippen molar-refractivity contribution in [3.63, 3.8) is 0 Å². The molecule has 0 nitrogen and oxygen atoms in total. The molecular formula is C46H56Cl2SiZr-4. The Hall–Kier alpha value is -2.22. The molecule has 0 aliphatic heterocycles. The summed E-state index contributed by atoms with van der Waals surface area (Å²) in [6.07, 6.45) is 4.73. The molecule has 4 radical (unpaired) electrons. The van der Waals surface area contributed by atoms with E-state index in [0.29, 0.717) is 0 Å². The quantitative estimate of drug-likeness (QED) is 0.116. The third-order valence-electron chi connectivity index (χ3n) is 8.82. The van der Waals surface area contributed by atoms with Crippen molar-refractivity contribution >= 4 is 49.5 Å². The Bertz CT molecular complexity index is 1710. The van der Waals surface area contributed by atoms with Gasteiger partial charge in [-0.3, -0.25) is 0 Å². The van der Waals surface area contributed by atoms with E-state index in [2.05, 4.69) is 165 Å². The zero-order chi connectivity index (χ0) is 34.2. The van der Waals surface area contributed by atoms with Crippen LogP contribution in [0.25, 0.3) is 43.8 Å². The summed E-state index contributed by atoms with van der Waals surface area (Å²) >= 11 is -0.826. The fraction of sp³-hybridized carbons (Fsp3) is 0.304. The van der Waals surface area contributed by atoms with Crippen LogP contribution in [0.1, 0.15) is 90.5 Å². The summed E-state index contributed by atoms with van der Waals surface area (Å²) in [5.41, 5.74) is 11.4. The predicted octanol–water partition coefficient (Wildman–Crippen LogP) is 14.8. The third-order valence-corrected chi connectivity index (χ3v) is 8.82. The van der Waals surface area contributed by atoms with Crippen LogP contribution in [0.15, 0.2) is 109 Å². The van der Waals surface area contributed by atoms with E-state index < -0.39 is 20.8 Å². The SMILES string of the molecule is CCCc1cc2c(-c3ccc(C(C)(C)C)cc3)cccc2[cH-]1.CCCc1cc2c(-c3ccc(C(C)(C)C)cc3)cccc2[cH-]1.[CH3-].[CH3-].[Cl][Zr][Cl].[Si]. The zero-order valence-corrected chi connectivity index (χ0v) is 36.9. The van der Waals surface area contributed by atoms with Gasteiger partial charge in [0, 0.05) is 11.0 Å². The standard InChI is InChI=1S/2C22H25.2CH3.2ClH.Si.Zr/c2*1-5-7-16-14-18-8-6-9-20(21(18)15-16)17-10-12-19(13-11-17)22(2,3)4;;;;;;/h2*6,8-15H,5,7H2,1-4H3;2*1H3;2*1H;;/q4*-1;;;;+2/p-2. The Morgan fingerprint density at radius 1 is 0.540 bits per heavy atom. The number of halogens is 2. The maximum atomic E-state index is 4.93. The van der Waals surface area contributed by atoms with Crippen LogP contribution < -0.4 is 0 Å². The number of rotatable bonds is 6. The van der Waals surface area contributed by atoms with Crippen LogP contribution >= 0.6 is 17.0 Å². The number of aryl methyl sites for hydroxylation is 2. The summed E-state index contributed by atoms with van der Waals surface area (Å²) in [5.74, 6) is 0. The number of benzene rings is 4. The van der Waals surface area contributed by atoms with E-state index in [9.17, 15) is 0 Å². The smallest absolute Gasteiger partial charge is 0 e. The maximum absolute atomic E-state index is 4.93. The van der Waals surface area contributed by atoms with Gasteiger partial charge in [-0.2, -0.15) is 12.1 Å². The van der Waals surface area contributed by atoms with Gasteiger partial charge in [0.15, 0.2) is 0 Å². The number of fused-ring (bicyclic) bond motifs is 2. The number of hydrogen-bond donors (Lipinski definition) is 0. The molecule has 0 amide bonds. The molecule has 6 aromatic rings. The van der Waals surface area contributed by atoms with Gasteiger partial charge < -0.3 is 14.9 Å². The van der Waals surface area contributed by atoms with E-state index in [-0.39, 0.29) is 36.6 Å². The molecule has 0 unspecified atom stereocenters. The zero-order valence-electron chi connectivity index (χ0n) is 32.0. The van der Waals surface area contributed by atoms with E-state index in [1.54, 1.807) is 0 Å². The topological polar surface area (TPSA) is 0 Å². The van der Waals surface area contributed by atoms with Crippen LogP contribution in [-0.4, -0.2) is 11.0 Å². The van der Waals surface area contributed by atoms with Gasteiger partial charge in [0.05, 0.1) is 0 Å². The van der Waals surface area contributed by atoms with Crippen LogP contribution in [0.2, 0.25) is 0 Å². The molecular weight excluding hydrogens is 743 g/mol. The molecule has 0 aliphatic rings. The van der Waals surface area contributed by atoms with Crippen molar-refractivity contribution < 1.29 is 20.8 Å². The van der Waals surface area contributed by atoms with Crippen LogP contribution in [0.5, 0.6) is 0 Å². The van der Waals surface area contributed by atoms with Crippen molar-refractivity contribution in [1.29, 1.82) is 0 Å². The first-order chi connectivity index (χ1) is 22.4. The second-order valence-corrected chi connectivity index (χ2v) is 18.3. The Kier molecular flexibility index (Phi) is 19.0. The Morgan fingerprint density at radius 3 is 1.14 bits per heavy atom. The third kappa shape index (κ3) is 11.9. The van der Waals surface area contributed by atoms with Crippen LogP contribution in [0.3, 0.4) is 0 Å². The molecule has 0 atom stereocenters. The van der Waals surface area contributed by atoms with Gasteiger partial charge >= 0.3 is 37.9 Å². The largest absolute Gasteiger partial charge is 0 e. The molecule has 0 heterocycles. The number of hydrogen-bond acceptors (Lipinski definition) is 0. The van der Waals surface area contributed by atoms with E-state index in [1.807, 2.05) is 0 Å². The molecule has 0 fully saturated rings. The summed E-state index contributed by atoms with van der Waals surface area (Å²) in [4.78, 5) is 0. The van der Waals surface area contributed by atoms with Crippen molar-refractivity contribution in [1.82, 2.24) is 0 Å². The van der Waals surface area contributed by atoms with E-state index in [1.165, 1.54) is 78.9 Å². The van der Waals surface area contributed by atoms with Gasteiger partial charge in [0.2, 0.25) is 0 Å². The van der Waals surface area contributed by atoms with Crippen molar-refractivity contribution in [3.05, 3.63) is 146 Å². The van der Waals surface area contributed by atoms with Crippen LogP contribution in [0.4, 0.5) is 0 Å². The molecule has 50 heavy (non-hydrogen) atoms.